The van der Waals surface area contributed by atoms with E-state index in [1.807, 2.05) is 26.8 Å². The van der Waals surface area contributed by atoms with Crippen LogP contribution in [0.4, 0.5) is 0 Å². The minimum Gasteiger partial charge on any atom is -0.464 e. The summed E-state index contributed by atoms with van der Waals surface area (Å²) in [5, 5.41) is 2.85. The van der Waals surface area contributed by atoms with Gasteiger partial charge >= 0.3 is 5.97 Å². The van der Waals surface area contributed by atoms with Crippen LogP contribution >= 0.6 is 0 Å². The first kappa shape index (κ1) is 16.5. The lowest BCUT2D eigenvalue weighted by atomic mass is 9.93. The van der Waals surface area contributed by atoms with Gasteiger partial charge in [-0.05, 0) is 32.9 Å². The summed E-state index contributed by atoms with van der Waals surface area (Å²) < 4.78 is 10.8. The van der Waals surface area contributed by atoms with E-state index >= 15 is 0 Å². The standard InChI is InChI=1S/C17H23NO4/c1-16(2,3)22-12-10-17(9-11-21-15(17)20)18-14(19)13-7-5-4-6-8-13/h4-8H,9-12H2,1-3H3,(H,18,19)/t17-/m0/s1. The van der Waals surface area contributed by atoms with Crippen LogP contribution in [-0.2, 0) is 14.3 Å². The predicted molar refractivity (Wildman–Crippen MR) is 82.5 cm³/mol. The highest BCUT2D eigenvalue weighted by molar-refractivity contribution is 5.98. The molecular weight excluding hydrogens is 282 g/mol. The van der Waals surface area contributed by atoms with Gasteiger partial charge in [0.05, 0.1) is 18.8 Å². The van der Waals surface area contributed by atoms with E-state index in [2.05, 4.69) is 5.32 Å². The average molecular weight is 305 g/mol. The lowest BCUT2D eigenvalue weighted by molar-refractivity contribution is -0.144. The number of hydrogen-bond acceptors (Lipinski definition) is 4. The van der Waals surface area contributed by atoms with Crippen LogP contribution in [0.5, 0.6) is 0 Å². The summed E-state index contributed by atoms with van der Waals surface area (Å²) in [6.45, 7) is 6.57. The predicted octanol–water partition coefficient (Wildman–Crippen LogP) is 2.31. The largest absolute Gasteiger partial charge is 0.464 e. The summed E-state index contributed by atoms with van der Waals surface area (Å²) in [5.74, 6) is -0.649. The smallest absolute Gasteiger partial charge is 0.332 e. The topological polar surface area (TPSA) is 64.6 Å². The van der Waals surface area contributed by atoms with Crippen molar-refractivity contribution in [3.63, 3.8) is 0 Å². The molecule has 0 saturated carbocycles. The molecule has 0 aromatic heterocycles. The van der Waals surface area contributed by atoms with Gasteiger partial charge < -0.3 is 14.8 Å². The summed E-state index contributed by atoms with van der Waals surface area (Å²) in [4.78, 5) is 24.5. The van der Waals surface area contributed by atoms with Crippen LogP contribution in [0.25, 0.3) is 0 Å². The highest BCUT2D eigenvalue weighted by Gasteiger charge is 2.45. The monoisotopic (exact) mass is 305 g/mol. The van der Waals surface area contributed by atoms with Gasteiger partial charge in [0, 0.05) is 18.4 Å². The number of ether oxygens (including phenoxy) is 2. The maximum Gasteiger partial charge on any atom is 0.332 e. The summed E-state index contributed by atoms with van der Waals surface area (Å²) >= 11 is 0. The van der Waals surface area contributed by atoms with E-state index in [4.69, 9.17) is 9.47 Å². The molecule has 1 aromatic rings. The van der Waals surface area contributed by atoms with Gasteiger partial charge in [0.1, 0.15) is 5.54 Å². The normalized spacial score (nSPS) is 21.5. The molecule has 0 spiro atoms. The molecule has 5 heteroatoms. The van der Waals surface area contributed by atoms with Gasteiger partial charge in [0.15, 0.2) is 0 Å². The molecule has 120 valence electrons. The van der Waals surface area contributed by atoms with Crippen LogP contribution in [0.2, 0.25) is 0 Å². The van der Waals surface area contributed by atoms with Crippen molar-refractivity contribution in [2.24, 2.45) is 0 Å². The third-order valence-corrected chi connectivity index (χ3v) is 3.61. The van der Waals surface area contributed by atoms with Crippen LogP contribution in [0.3, 0.4) is 0 Å². The number of amides is 1. The van der Waals surface area contributed by atoms with Crippen molar-refractivity contribution < 1.29 is 19.1 Å². The molecule has 1 fully saturated rings. The summed E-state index contributed by atoms with van der Waals surface area (Å²) in [6.07, 6.45) is 0.875. The van der Waals surface area contributed by atoms with Gasteiger partial charge in [0.25, 0.3) is 5.91 Å². The number of rotatable bonds is 5. The Labute approximate surface area is 131 Å². The lowest BCUT2D eigenvalue weighted by Gasteiger charge is -2.28. The first-order valence-corrected chi connectivity index (χ1v) is 7.51. The fraction of sp³-hybridized carbons (Fsp3) is 0.529. The molecule has 2 rings (SSSR count). The number of cyclic esters (lactones) is 1. The van der Waals surface area contributed by atoms with Gasteiger partial charge in [-0.25, -0.2) is 4.79 Å². The molecule has 1 amide bonds. The van der Waals surface area contributed by atoms with Crippen LogP contribution in [0, 0.1) is 0 Å². The minimum atomic E-state index is -0.988. The van der Waals surface area contributed by atoms with E-state index in [0.717, 1.165) is 0 Å². The SMILES string of the molecule is CC(C)(C)OCC[C@@]1(NC(=O)c2ccccc2)CCOC1=O. The van der Waals surface area contributed by atoms with Crippen molar-refractivity contribution >= 4 is 11.9 Å². The number of benzene rings is 1. The van der Waals surface area contributed by atoms with E-state index in [1.165, 1.54) is 0 Å². The van der Waals surface area contributed by atoms with Crippen molar-refractivity contribution in [2.75, 3.05) is 13.2 Å². The van der Waals surface area contributed by atoms with E-state index in [1.54, 1.807) is 24.3 Å². The molecular formula is C17H23NO4. The van der Waals surface area contributed by atoms with Crippen molar-refractivity contribution in [3.8, 4) is 0 Å². The Bertz CT molecular complexity index is 535. The second-order valence-corrected chi connectivity index (χ2v) is 6.50. The zero-order valence-electron chi connectivity index (χ0n) is 13.3. The molecule has 1 heterocycles. The van der Waals surface area contributed by atoms with Gasteiger partial charge in [-0.15, -0.1) is 0 Å². The number of hydrogen-bond donors (Lipinski definition) is 1. The number of esters is 1. The van der Waals surface area contributed by atoms with Crippen LogP contribution < -0.4 is 5.32 Å². The lowest BCUT2D eigenvalue weighted by Crippen LogP contribution is -2.53. The summed E-state index contributed by atoms with van der Waals surface area (Å²) in [7, 11) is 0. The van der Waals surface area contributed by atoms with Crippen LogP contribution in [0.1, 0.15) is 44.0 Å². The molecule has 22 heavy (non-hydrogen) atoms. The molecule has 0 unspecified atom stereocenters. The van der Waals surface area contributed by atoms with Crippen LogP contribution in [-0.4, -0.2) is 36.2 Å². The number of carbonyl (C=O) groups is 2. The molecule has 5 nitrogen and oxygen atoms in total. The van der Waals surface area contributed by atoms with Crippen molar-refractivity contribution in [3.05, 3.63) is 35.9 Å². The molecule has 1 saturated heterocycles. The fourth-order valence-corrected chi connectivity index (χ4v) is 2.37. The van der Waals surface area contributed by atoms with Crippen molar-refractivity contribution in [2.45, 2.75) is 44.8 Å². The van der Waals surface area contributed by atoms with E-state index in [-0.39, 0.29) is 17.5 Å². The van der Waals surface area contributed by atoms with E-state index in [9.17, 15) is 9.59 Å². The zero-order valence-corrected chi connectivity index (χ0v) is 13.3. The Kier molecular flexibility index (Phi) is 4.86. The maximum atomic E-state index is 12.4. The third kappa shape index (κ3) is 4.07. The molecule has 1 atom stereocenters. The second kappa shape index (κ2) is 6.48. The molecule has 0 radical (unpaired) electrons. The van der Waals surface area contributed by atoms with E-state index < -0.39 is 5.54 Å². The van der Waals surface area contributed by atoms with Crippen molar-refractivity contribution in [1.29, 1.82) is 0 Å². The molecule has 1 aliphatic rings. The Morgan fingerprint density at radius 1 is 1.32 bits per heavy atom. The Morgan fingerprint density at radius 2 is 2.00 bits per heavy atom. The molecule has 1 aliphatic heterocycles. The molecule has 0 aliphatic carbocycles. The molecule has 1 aromatic carbocycles. The summed E-state index contributed by atoms with van der Waals surface area (Å²) in [5.41, 5.74) is -0.746. The Balaban J connectivity index is 2.06. The number of carbonyl (C=O) groups excluding carboxylic acids is 2. The van der Waals surface area contributed by atoms with Gasteiger partial charge in [0.2, 0.25) is 0 Å². The molecule has 1 N–H and O–H groups in total. The quantitative estimate of drug-likeness (QED) is 0.848. The molecule has 0 bridgehead atoms. The highest BCUT2D eigenvalue weighted by Crippen LogP contribution is 2.26. The first-order chi connectivity index (χ1) is 10.3. The van der Waals surface area contributed by atoms with Gasteiger partial charge in [-0.3, -0.25) is 4.79 Å². The Hall–Kier alpha value is -1.88. The fourth-order valence-electron chi connectivity index (χ4n) is 2.37. The second-order valence-electron chi connectivity index (χ2n) is 6.50. The highest BCUT2D eigenvalue weighted by atomic mass is 16.5. The van der Waals surface area contributed by atoms with Crippen LogP contribution in [0.15, 0.2) is 30.3 Å². The van der Waals surface area contributed by atoms with Gasteiger partial charge in [-0.2, -0.15) is 0 Å². The van der Waals surface area contributed by atoms with E-state index in [0.29, 0.717) is 31.6 Å². The zero-order chi connectivity index (χ0) is 16.2. The average Bonchev–Trinajstić information content (AvgIpc) is 2.80. The maximum absolute atomic E-state index is 12.4. The summed E-state index contributed by atoms with van der Waals surface area (Å²) in [6, 6.07) is 8.85. The van der Waals surface area contributed by atoms with Crippen molar-refractivity contribution in [1.82, 2.24) is 5.32 Å². The van der Waals surface area contributed by atoms with Gasteiger partial charge in [-0.1, -0.05) is 18.2 Å². The Morgan fingerprint density at radius 3 is 2.55 bits per heavy atom. The minimum absolute atomic E-state index is 0.268. The third-order valence-electron chi connectivity index (χ3n) is 3.61. The first-order valence-electron chi connectivity index (χ1n) is 7.51. The number of nitrogens with one attached hydrogen (secondary N) is 1.